The highest BCUT2D eigenvalue weighted by Gasteiger charge is 2.20. The molecule has 0 aliphatic carbocycles. The number of hydrogen-bond acceptors (Lipinski definition) is 5. The van der Waals surface area contributed by atoms with Crippen LogP contribution in [0, 0.1) is 6.92 Å². The number of imidazole rings is 1. The van der Waals surface area contributed by atoms with Crippen LogP contribution in [0.4, 0.5) is 0 Å². The van der Waals surface area contributed by atoms with Gasteiger partial charge in [-0.2, -0.15) is 5.21 Å². The van der Waals surface area contributed by atoms with Crippen molar-refractivity contribution in [2.24, 2.45) is 0 Å². The van der Waals surface area contributed by atoms with Gasteiger partial charge in [-0.1, -0.05) is 37.3 Å². The minimum absolute atomic E-state index is 0.273. The van der Waals surface area contributed by atoms with Crippen LogP contribution in [0.25, 0.3) is 33.7 Å². The minimum atomic E-state index is -0.945. The summed E-state index contributed by atoms with van der Waals surface area (Å²) in [6, 6.07) is 15.7. The molecule has 0 unspecified atom stereocenters. The number of carboxylic acids is 1. The highest BCUT2D eigenvalue weighted by Crippen LogP contribution is 2.33. The molecule has 2 N–H and O–H groups in total. The van der Waals surface area contributed by atoms with Crippen LogP contribution in [0.3, 0.4) is 0 Å². The van der Waals surface area contributed by atoms with Gasteiger partial charge in [0.05, 0.1) is 22.3 Å². The topological polar surface area (TPSA) is 115 Å². The summed E-state index contributed by atoms with van der Waals surface area (Å²) in [4.78, 5) is 16.7. The van der Waals surface area contributed by atoms with Gasteiger partial charge >= 0.3 is 5.97 Å². The van der Waals surface area contributed by atoms with Crippen molar-refractivity contribution in [3.8, 4) is 22.6 Å². The molecule has 0 spiro atoms. The summed E-state index contributed by atoms with van der Waals surface area (Å²) in [6.07, 6.45) is 1.71. The third-order valence-electron chi connectivity index (χ3n) is 6.32. The molecule has 0 radical (unpaired) electrons. The molecule has 178 valence electrons. The highest BCUT2D eigenvalue weighted by molar-refractivity contribution is 6.01. The molecule has 0 atom stereocenters. The first kappa shape index (κ1) is 22.5. The first-order valence-electron chi connectivity index (χ1n) is 11.8. The summed E-state index contributed by atoms with van der Waals surface area (Å²) in [7, 11) is 0. The van der Waals surface area contributed by atoms with Gasteiger partial charge in [0.15, 0.2) is 0 Å². The third kappa shape index (κ3) is 3.99. The van der Waals surface area contributed by atoms with E-state index in [1.165, 1.54) is 0 Å². The molecule has 3 heterocycles. The monoisotopic (exact) mass is 469 g/mol. The Hall–Kier alpha value is -4.27. The molecular weight excluding hydrogens is 442 g/mol. The summed E-state index contributed by atoms with van der Waals surface area (Å²) in [5, 5.41) is 24.4. The number of aryl methyl sites for hydroxylation is 2. The zero-order valence-corrected chi connectivity index (χ0v) is 20.0. The van der Waals surface area contributed by atoms with Gasteiger partial charge in [-0.15, -0.1) is 10.2 Å². The maximum atomic E-state index is 11.9. The third-order valence-corrected chi connectivity index (χ3v) is 6.32. The number of nitrogens with one attached hydrogen (secondary N) is 1. The average Bonchev–Trinajstić information content (AvgIpc) is 3.58. The highest BCUT2D eigenvalue weighted by atomic mass is 16.4. The molecule has 0 aliphatic rings. The van der Waals surface area contributed by atoms with E-state index in [1.807, 2.05) is 10.6 Å². The maximum Gasteiger partial charge on any atom is 0.337 e. The summed E-state index contributed by atoms with van der Waals surface area (Å²) >= 11 is 0. The predicted molar refractivity (Wildman–Crippen MR) is 133 cm³/mol. The fourth-order valence-corrected chi connectivity index (χ4v) is 4.78. The van der Waals surface area contributed by atoms with Crippen molar-refractivity contribution in [3.05, 3.63) is 71.2 Å². The van der Waals surface area contributed by atoms with E-state index in [0.717, 1.165) is 53.3 Å². The number of para-hydroxylation sites is 1. The van der Waals surface area contributed by atoms with Crippen LogP contribution in [0.1, 0.15) is 47.7 Å². The van der Waals surface area contributed by atoms with E-state index in [-0.39, 0.29) is 5.56 Å². The van der Waals surface area contributed by atoms with Crippen molar-refractivity contribution in [2.45, 2.75) is 46.7 Å². The van der Waals surface area contributed by atoms with Gasteiger partial charge in [0.1, 0.15) is 5.82 Å². The average molecular weight is 470 g/mol. The SMILES string of the molecule is CCCc1nc2cccc(C(=O)O)c2n1Cc1ccc(-c2c(-c3nn[nH]n3)cc(C)n2CC)cc1. The second-order valence-corrected chi connectivity index (χ2v) is 8.57. The van der Waals surface area contributed by atoms with Crippen molar-refractivity contribution in [2.75, 3.05) is 0 Å². The molecule has 5 aromatic rings. The van der Waals surface area contributed by atoms with Crippen LogP contribution < -0.4 is 0 Å². The van der Waals surface area contributed by atoms with Gasteiger partial charge in [-0.3, -0.25) is 0 Å². The number of benzene rings is 2. The number of aromatic nitrogens is 7. The van der Waals surface area contributed by atoms with Crippen LogP contribution in [0.5, 0.6) is 0 Å². The van der Waals surface area contributed by atoms with Crippen molar-refractivity contribution in [1.82, 2.24) is 34.7 Å². The van der Waals surface area contributed by atoms with E-state index in [0.29, 0.717) is 23.4 Å². The van der Waals surface area contributed by atoms with E-state index >= 15 is 0 Å². The van der Waals surface area contributed by atoms with Gasteiger partial charge in [0.2, 0.25) is 5.82 Å². The van der Waals surface area contributed by atoms with E-state index < -0.39 is 5.97 Å². The zero-order valence-electron chi connectivity index (χ0n) is 20.0. The number of fused-ring (bicyclic) bond motifs is 1. The molecule has 0 amide bonds. The zero-order chi connectivity index (χ0) is 24.5. The Bertz CT molecular complexity index is 1500. The standard InChI is InChI=1S/C26H27N7O2/c1-4-7-22-27-21-9-6-8-19(26(34)35)24(21)33(22)15-17-10-12-18(13-11-17)23-20(25-28-30-31-29-25)14-16(3)32(23)5-2/h6,8-14H,4-5,7,15H2,1-3H3,(H,34,35)(H,28,29,30,31). The lowest BCUT2D eigenvalue weighted by atomic mass is 10.0. The van der Waals surface area contributed by atoms with Crippen molar-refractivity contribution in [3.63, 3.8) is 0 Å². The lowest BCUT2D eigenvalue weighted by molar-refractivity contribution is 0.0698. The van der Waals surface area contributed by atoms with E-state index in [9.17, 15) is 9.90 Å². The second kappa shape index (κ2) is 9.17. The fourth-order valence-electron chi connectivity index (χ4n) is 4.78. The molecule has 0 saturated heterocycles. The Morgan fingerprint density at radius 2 is 1.89 bits per heavy atom. The first-order chi connectivity index (χ1) is 17.0. The molecular formula is C26H27N7O2. The molecule has 3 aromatic heterocycles. The van der Waals surface area contributed by atoms with Gasteiger partial charge in [-0.05, 0) is 54.8 Å². The molecule has 5 rings (SSSR count). The van der Waals surface area contributed by atoms with Crippen molar-refractivity contribution in [1.29, 1.82) is 0 Å². The van der Waals surface area contributed by atoms with Crippen molar-refractivity contribution >= 4 is 17.0 Å². The molecule has 0 aliphatic heterocycles. The first-order valence-corrected chi connectivity index (χ1v) is 11.8. The summed E-state index contributed by atoms with van der Waals surface area (Å²) in [6.45, 7) is 7.65. The number of aromatic amines is 1. The number of tetrazole rings is 1. The van der Waals surface area contributed by atoms with Gasteiger partial charge in [0.25, 0.3) is 0 Å². The van der Waals surface area contributed by atoms with Gasteiger partial charge in [-0.25, -0.2) is 9.78 Å². The molecule has 0 saturated carbocycles. The lowest BCUT2D eigenvalue weighted by Gasteiger charge is -2.13. The molecule has 2 aromatic carbocycles. The van der Waals surface area contributed by atoms with Gasteiger partial charge < -0.3 is 14.2 Å². The Morgan fingerprint density at radius 1 is 1.09 bits per heavy atom. The minimum Gasteiger partial charge on any atom is -0.478 e. The Labute approximate surface area is 202 Å². The second-order valence-electron chi connectivity index (χ2n) is 8.57. The number of nitrogens with zero attached hydrogens (tertiary/aromatic N) is 6. The number of H-pyrrole nitrogens is 1. The number of rotatable bonds is 8. The summed E-state index contributed by atoms with van der Waals surface area (Å²) in [5.41, 5.74) is 6.88. The van der Waals surface area contributed by atoms with Gasteiger partial charge in [0, 0.05) is 30.8 Å². The summed E-state index contributed by atoms with van der Waals surface area (Å²) < 4.78 is 4.28. The fraction of sp³-hybridized carbons (Fsp3) is 0.269. The van der Waals surface area contributed by atoms with E-state index in [2.05, 4.69) is 76.3 Å². The van der Waals surface area contributed by atoms with Crippen LogP contribution in [-0.2, 0) is 19.5 Å². The quantitative estimate of drug-likeness (QED) is 0.340. The van der Waals surface area contributed by atoms with Crippen molar-refractivity contribution < 1.29 is 9.90 Å². The smallest absolute Gasteiger partial charge is 0.337 e. The maximum absolute atomic E-state index is 11.9. The largest absolute Gasteiger partial charge is 0.478 e. The van der Waals surface area contributed by atoms with E-state index in [4.69, 9.17) is 4.98 Å². The Morgan fingerprint density at radius 3 is 2.54 bits per heavy atom. The molecule has 9 nitrogen and oxygen atoms in total. The number of carboxylic acid groups (broad SMARTS) is 1. The van der Waals surface area contributed by atoms with E-state index in [1.54, 1.807) is 12.1 Å². The Kier molecular flexibility index (Phi) is 5.90. The van der Waals surface area contributed by atoms with Crippen LogP contribution in [-0.4, -0.2) is 45.8 Å². The lowest BCUT2D eigenvalue weighted by Crippen LogP contribution is -2.08. The molecule has 35 heavy (non-hydrogen) atoms. The van der Waals surface area contributed by atoms with Crippen LogP contribution >= 0.6 is 0 Å². The normalized spacial score (nSPS) is 11.4. The van der Waals surface area contributed by atoms with Crippen LogP contribution in [0.15, 0.2) is 48.5 Å². The number of aromatic carboxylic acids is 1. The molecule has 0 fully saturated rings. The van der Waals surface area contributed by atoms with Crippen LogP contribution in [0.2, 0.25) is 0 Å². The summed E-state index contributed by atoms with van der Waals surface area (Å²) in [5.74, 6) is 0.518. The molecule has 9 heteroatoms. The Balaban J connectivity index is 1.56. The number of carbonyl (C=O) groups is 1. The predicted octanol–water partition coefficient (Wildman–Crippen LogP) is 4.71. The number of hydrogen-bond donors (Lipinski definition) is 2. The molecule has 0 bridgehead atoms.